The molecule has 0 aliphatic heterocycles. The Hall–Kier alpha value is 0.200. The highest BCUT2D eigenvalue weighted by Gasteiger charge is 2.18. The van der Waals surface area contributed by atoms with Crippen LogP contribution in [0.15, 0.2) is 0 Å². The van der Waals surface area contributed by atoms with Crippen LogP contribution >= 0.6 is 11.6 Å². The second-order valence-electron chi connectivity index (χ2n) is 4.23. The maximum absolute atomic E-state index is 11.6. The Morgan fingerprint density at radius 1 is 1.13 bits per heavy atom. The summed E-state index contributed by atoms with van der Waals surface area (Å²) in [6.07, 6.45) is 0. The second-order valence-corrected chi connectivity index (χ2v) is 7.29. The number of nitrogens with zero attached hydrogens (tertiary/aromatic N) is 1. The van der Waals surface area contributed by atoms with Crippen LogP contribution in [0.1, 0.15) is 27.7 Å². The number of alkyl halides is 1. The summed E-state index contributed by atoms with van der Waals surface area (Å²) in [7, 11) is -2.93. The van der Waals surface area contributed by atoms with Gasteiger partial charge in [0.25, 0.3) is 0 Å². The van der Waals surface area contributed by atoms with E-state index in [1.165, 1.54) is 0 Å². The number of halogens is 1. The lowest BCUT2D eigenvalue weighted by molar-refractivity contribution is 0.249. The number of rotatable bonds is 7. The number of hydrogen-bond donors (Lipinski definition) is 0. The third-order valence-corrected chi connectivity index (χ3v) is 4.84. The lowest BCUT2D eigenvalue weighted by atomic mass is 10.3. The summed E-state index contributed by atoms with van der Waals surface area (Å²) in [5.41, 5.74) is 0. The van der Waals surface area contributed by atoms with Gasteiger partial charge in [0.2, 0.25) is 0 Å². The molecule has 0 N–H and O–H groups in total. The van der Waals surface area contributed by atoms with Crippen LogP contribution in [-0.4, -0.2) is 49.3 Å². The van der Waals surface area contributed by atoms with E-state index in [0.29, 0.717) is 18.5 Å². The summed E-state index contributed by atoms with van der Waals surface area (Å²) in [4.78, 5) is 2.09. The first-order valence-electron chi connectivity index (χ1n) is 5.33. The van der Waals surface area contributed by atoms with Crippen LogP contribution in [0.5, 0.6) is 0 Å². The molecule has 0 bridgehead atoms. The van der Waals surface area contributed by atoms with Crippen molar-refractivity contribution in [1.29, 1.82) is 0 Å². The Labute approximate surface area is 98.7 Å². The minimum absolute atomic E-state index is 0.222. The van der Waals surface area contributed by atoms with E-state index in [1.807, 2.05) is 0 Å². The second kappa shape index (κ2) is 6.71. The van der Waals surface area contributed by atoms with Crippen LogP contribution in [0, 0.1) is 0 Å². The molecule has 0 amide bonds. The molecule has 0 unspecified atom stereocenters. The molecule has 0 aromatic heterocycles. The first kappa shape index (κ1) is 15.2. The molecule has 0 spiro atoms. The molecule has 15 heavy (non-hydrogen) atoms. The first-order chi connectivity index (χ1) is 6.81. The van der Waals surface area contributed by atoms with Crippen LogP contribution in [0.3, 0.4) is 0 Å². The van der Waals surface area contributed by atoms with Crippen molar-refractivity contribution in [3.63, 3.8) is 0 Å². The Kier molecular flexibility index (Phi) is 6.80. The monoisotopic (exact) mass is 255 g/mol. The summed E-state index contributed by atoms with van der Waals surface area (Å²) in [6.45, 7) is 8.86. The number of hydrogen-bond acceptors (Lipinski definition) is 3. The van der Waals surface area contributed by atoms with Crippen LogP contribution in [0.25, 0.3) is 0 Å². The van der Waals surface area contributed by atoms with Crippen molar-refractivity contribution in [2.45, 2.75) is 39.0 Å². The largest absolute Gasteiger partial charge is 0.299 e. The van der Waals surface area contributed by atoms with E-state index in [4.69, 9.17) is 11.6 Å². The third kappa shape index (κ3) is 5.73. The number of sulfone groups is 1. The lowest BCUT2D eigenvalue weighted by Crippen LogP contribution is -2.37. The summed E-state index contributed by atoms with van der Waals surface area (Å²) < 4.78 is 23.2. The van der Waals surface area contributed by atoms with Gasteiger partial charge in [0.05, 0.1) is 11.0 Å². The average Bonchev–Trinajstić information content (AvgIpc) is 2.11. The van der Waals surface area contributed by atoms with Gasteiger partial charge in [-0.2, -0.15) is 0 Å². The van der Waals surface area contributed by atoms with Crippen LogP contribution < -0.4 is 0 Å². The third-order valence-electron chi connectivity index (χ3n) is 2.48. The molecule has 0 aliphatic carbocycles. The van der Waals surface area contributed by atoms with E-state index >= 15 is 0 Å². The Balaban J connectivity index is 4.22. The quantitative estimate of drug-likeness (QED) is 0.651. The zero-order chi connectivity index (χ0) is 12.1. The van der Waals surface area contributed by atoms with E-state index < -0.39 is 9.84 Å². The smallest absolute Gasteiger partial charge is 0.153 e. The SMILES string of the molecule is CC(C)N(CCCl)CCS(=O)(=O)C(C)C. The van der Waals surface area contributed by atoms with Gasteiger partial charge in [-0.3, -0.25) is 4.90 Å². The van der Waals surface area contributed by atoms with Crippen molar-refractivity contribution in [3.8, 4) is 0 Å². The van der Waals surface area contributed by atoms with Crippen LogP contribution in [0.4, 0.5) is 0 Å². The Bertz CT molecular complexity index is 263. The first-order valence-corrected chi connectivity index (χ1v) is 7.57. The summed E-state index contributed by atoms with van der Waals surface area (Å²) in [5, 5.41) is -0.289. The zero-order valence-electron chi connectivity index (χ0n) is 10.0. The van der Waals surface area contributed by atoms with E-state index in [2.05, 4.69) is 18.7 Å². The molecule has 0 saturated heterocycles. The van der Waals surface area contributed by atoms with Gasteiger partial charge in [0.1, 0.15) is 0 Å². The standard InChI is InChI=1S/C10H22ClNO2S/c1-9(2)12(6-5-11)7-8-15(13,14)10(3)4/h9-10H,5-8H2,1-4H3. The fourth-order valence-electron chi connectivity index (χ4n) is 1.22. The topological polar surface area (TPSA) is 37.4 Å². The highest BCUT2D eigenvalue weighted by molar-refractivity contribution is 7.92. The molecule has 5 heteroatoms. The van der Waals surface area contributed by atoms with E-state index in [0.717, 1.165) is 6.54 Å². The predicted octanol–water partition coefficient (Wildman–Crippen LogP) is 1.76. The Morgan fingerprint density at radius 2 is 1.67 bits per heavy atom. The van der Waals surface area contributed by atoms with Crippen molar-refractivity contribution < 1.29 is 8.42 Å². The van der Waals surface area contributed by atoms with E-state index in [-0.39, 0.29) is 11.0 Å². The van der Waals surface area contributed by atoms with Gasteiger partial charge in [0.15, 0.2) is 9.84 Å². The van der Waals surface area contributed by atoms with Gasteiger partial charge in [-0.25, -0.2) is 8.42 Å². The van der Waals surface area contributed by atoms with Crippen molar-refractivity contribution in [1.82, 2.24) is 4.90 Å². The van der Waals surface area contributed by atoms with Crippen LogP contribution in [0.2, 0.25) is 0 Å². The van der Waals surface area contributed by atoms with Crippen molar-refractivity contribution >= 4 is 21.4 Å². The molecular weight excluding hydrogens is 234 g/mol. The predicted molar refractivity (Wildman–Crippen MR) is 66.4 cm³/mol. The van der Waals surface area contributed by atoms with E-state index in [9.17, 15) is 8.42 Å². The van der Waals surface area contributed by atoms with Gasteiger partial charge in [-0.1, -0.05) is 0 Å². The summed E-state index contributed by atoms with van der Waals surface area (Å²) in [5.74, 6) is 0.764. The van der Waals surface area contributed by atoms with E-state index in [1.54, 1.807) is 13.8 Å². The summed E-state index contributed by atoms with van der Waals surface area (Å²) in [6, 6.07) is 0.339. The fourth-order valence-corrected chi connectivity index (χ4v) is 2.39. The molecule has 0 rings (SSSR count). The average molecular weight is 256 g/mol. The van der Waals surface area contributed by atoms with Crippen molar-refractivity contribution in [3.05, 3.63) is 0 Å². The highest BCUT2D eigenvalue weighted by atomic mass is 35.5. The van der Waals surface area contributed by atoms with Crippen molar-refractivity contribution in [2.24, 2.45) is 0 Å². The molecule has 0 aromatic rings. The van der Waals surface area contributed by atoms with Gasteiger partial charge in [0, 0.05) is 25.0 Å². The van der Waals surface area contributed by atoms with Gasteiger partial charge >= 0.3 is 0 Å². The highest BCUT2D eigenvalue weighted by Crippen LogP contribution is 2.04. The fraction of sp³-hybridized carbons (Fsp3) is 1.00. The molecule has 0 aliphatic rings. The maximum atomic E-state index is 11.6. The molecule has 0 atom stereocenters. The van der Waals surface area contributed by atoms with Gasteiger partial charge < -0.3 is 0 Å². The molecule has 0 saturated carbocycles. The molecule has 0 fully saturated rings. The molecule has 0 aromatic carbocycles. The van der Waals surface area contributed by atoms with Crippen LogP contribution in [-0.2, 0) is 9.84 Å². The molecule has 92 valence electrons. The Morgan fingerprint density at radius 3 is 2.00 bits per heavy atom. The van der Waals surface area contributed by atoms with Crippen molar-refractivity contribution in [2.75, 3.05) is 24.7 Å². The molecular formula is C10H22ClNO2S. The molecule has 3 nitrogen and oxygen atoms in total. The van der Waals surface area contributed by atoms with Gasteiger partial charge in [-0.15, -0.1) is 11.6 Å². The minimum Gasteiger partial charge on any atom is -0.299 e. The van der Waals surface area contributed by atoms with Gasteiger partial charge in [-0.05, 0) is 27.7 Å². The lowest BCUT2D eigenvalue weighted by Gasteiger charge is -2.25. The minimum atomic E-state index is -2.93. The normalized spacial score (nSPS) is 13.1. The summed E-state index contributed by atoms with van der Waals surface area (Å²) >= 11 is 5.66. The molecule has 0 radical (unpaired) electrons. The maximum Gasteiger partial charge on any atom is 0.153 e. The molecule has 0 heterocycles. The zero-order valence-corrected chi connectivity index (χ0v) is 11.6.